The van der Waals surface area contributed by atoms with Gasteiger partial charge in [-0.25, -0.2) is 39.3 Å². The minimum absolute atomic E-state index is 0.0139. The van der Waals surface area contributed by atoms with Crippen molar-refractivity contribution in [3.63, 3.8) is 0 Å². The number of aliphatic hydroxyl groups is 1. The molecule has 3 aliphatic heterocycles. The van der Waals surface area contributed by atoms with Gasteiger partial charge in [-0.1, -0.05) is 0 Å². The number of halogens is 1. The maximum Gasteiger partial charge on any atom is 0.225 e. The van der Waals surface area contributed by atoms with Gasteiger partial charge in [0.05, 0.1) is 92.8 Å². The first-order valence-electron chi connectivity index (χ1n) is 35.5. The van der Waals surface area contributed by atoms with E-state index in [2.05, 4.69) is 132 Å². The Labute approximate surface area is 588 Å². The highest BCUT2D eigenvalue weighted by Gasteiger charge is 2.29. The number of nitrogens with zero attached hydrogens (tertiary/aromatic N) is 16. The molecule has 9 aromatic rings. The molecule has 9 heterocycles. The fourth-order valence-electron chi connectivity index (χ4n) is 13.6. The van der Waals surface area contributed by atoms with Gasteiger partial charge >= 0.3 is 0 Å². The molecule has 3 aliphatic carbocycles. The zero-order chi connectivity index (χ0) is 69.5. The molecule has 0 bridgehead atoms. The van der Waals surface area contributed by atoms with Crippen LogP contribution in [0.25, 0.3) is 33.1 Å². The largest absolute Gasteiger partial charge is 0.488 e. The van der Waals surface area contributed by atoms with Crippen LogP contribution in [-0.4, -0.2) is 207 Å². The van der Waals surface area contributed by atoms with Crippen molar-refractivity contribution in [2.24, 2.45) is 0 Å². The summed E-state index contributed by atoms with van der Waals surface area (Å²) in [5, 5.41) is 23.1. The Bertz CT molecular complexity index is 4160. The van der Waals surface area contributed by atoms with Crippen molar-refractivity contribution in [2.45, 2.75) is 140 Å². The van der Waals surface area contributed by atoms with Gasteiger partial charge in [-0.3, -0.25) is 15.0 Å². The number of anilines is 8. The third kappa shape index (κ3) is 18.7. The normalized spacial score (nSPS) is 21.1. The molecular formula is C73H93FN20O7. The molecule has 6 fully saturated rings. The summed E-state index contributed by atoms with van der Waals surface area (Å²) in [5.74, 6) is 4.90. The van der Waals surface area contributed by atoms with Crippen LogP contribution in [0.3, 0.4) is 0 Å². The van der Waals surface area contributed by atoms with Crippen molar-refractivity contribution in [1.29, 1.82) is 0 Å². The fraction of sp³-hybridized carbons (Fsp3) is 0.507. The predicted octanol–water partition coefficient (Wildman–Crippen LogP) is 9.87. The van der Waals surface area contributed by atoms with Crippen LogP contribution in [0.2, 0.25) is 0 Å². The molecule has 5 N–H and O–H groups in total. The third-order valence-corrected chi connectivity index (χ3v) is 19.1. The van der Waals surface area contributed by atoms with E-state index in [1.165, 1.54) is 6.20 Å². The van der Waals surface area contributed by atoms with Gasteiger partial charge in [0.25, 0.3) is 0 Å². The third-order valence-electron chi connectivity index (χ3n) is 19.1. The second-order valence-electron chi connectivity index (χ2n) is 27.3. The van der Waals surface area contributed by atoms with Crippen LogP contribution in [0.1, 0.15) is 96.6 Å². The molecule has 101 heavy (non-hydrogen) atoms. The van der Waals surface area contributed by atoms with Crippen LogP contribution in [0.4, 0.5) is 50.8 Å². The summed E-state index contributed by atoms with van der Waals surface area (Å²) in [7, 11) is 3.53. The van der Waals surface area contributed by atoms with Crippen LogP contribution < -0.4 is 55.1 Å². The zero-order valence-corrected chi connectivity index (χ0v) is 58.4. The molecule has 6 aliphatic rings. The summed E-state index contributed by atoms with van der Waals surface area (Å²) in [6.07, 6.45) is 26.7. The highest BCUT2D eigenvalue weighted by Crippen LogP contribution is 2.38. The van der Waals surface area contributed by atoms with E-state index < -0.39 is 11.4 Å². The van der Waals surface area contributed by atoms with Crippen molar-refractivity contribution in [3.8, 4) is 17.2 Å². The molecular weight excluding hydrogens is 1290 g/mol. The van der Waals surface area contributed by atoms with Gasteiger partial charge in [-0.05, 0) is 122 Å². The van der Waals surface area contributed by atoms with E-state index in [9.17, 15) is 9.50 Å². The lowest BCUT2D eigenvalue weighted by atomic mass is 9.93. The van der Waals surface area contributed by atoms with Crippen molar-refractivity contribution >= 4 is 79.5 Å². The van der Waals surface area contributed by atoms with E-state index in [1.54, 1.807) is 68.7 Å². The minimum Gasteiger partial charge on any atom is -0.488 e. The Morgan fingerprint density at radius 3 is 1.30 bits per heavy atom. The molecule has 534 valence electrons. The second kappa shape index (κ2) is 33.3. The SMILES string of the molecule is CC(C)(CO)Nc1ccnc(NC2CCC(Oc3cc(N4CCOCC4)cc4nccnc34)CC2)n1.CN(C)c1nc(NC2CCC(Oc3cc(N4CCOCC4)cc4nccnc34)CC2)ncc1F.Cc1cc(NC2CCC(Oc3cc(N4CCOCC4)cc4nccnc34)CC2)ncn1. The highest BCUT2D eigenvalue weighted by molar-refractivity contribution is 5.87. The first kappa shape index (κ1) is 69.9. The van der Waals surface area contributed by atoms with Crippen LogP contribution in [0, 0.1) is 12.7 Å². The molecule has 0 unspecified atom stereocenters. The number of hydrogen-bond donors (Lipinski definition) is 5. The first-order chi connectivity index (χ1) is 49.3. The number of hydrogen-bond acceptors (Lipinski definition) is 27. The molecule has 0 spiro atoms. The summed E-state index contributed by atoms with van der Waals surface area (Å²) in [4.78, 5) is 61.7. The van der Waals surface area contributed by atoms with E-state index >= 15 is 0 Å². The highest BCUT2D eigenvalue weighted by atomic mass is 19.1. The summed E-state index contributed by atoms with van der Waals surface area (Å²) in [6, 6.07) is 17.3. The quantitative estimate of drug-likeness (QED) is 0.0503. The van der Waals surface area contributed by atoms with Crippen molar-refractivity contribution in [3.05, 3.63) is 116 Å². The number of aromatic nitrogens is 12. The smallest absolute Gasteiger partial charge is 0.225 e. The van der Waals surface area contributed by atoms with Gasteiger partial charge in [0.2, 0.25) is 11.9 Å². The Morgan fingerprint density at radius 1 is 0.485 bits per heavy atom. The number of morpholine rings is 3. The van der Waals surface area contributed by atoms with Crippen LogP contribution in [0.15, 0.2) is 104 Å². The maximum atomic E-state index is 13.9. The summed E-state index contributed by atoms with van der Waals surface area (Å²) >= 11 is 0. The lowest BCUT2D eigenvalue weighted by Gasteiger charge is -2.31. The van der Waals surface area contributed by atoms with E-state index in [4.69, 9.17) is 28.4 Å². The van der Waals surface area contributed by atoms with Gasteiger partial charge in [0.15, 0.2) is 11.6 Å². The second-order valence-corrected chi connectivity index (χ2v) is 27.3. The molecule has 0 atom stereocenters. The molecule has 3 saturated carbocycles. The predicted molar refractivity (Wildman–Crippen MR) is 388 cm³/mol. The van der Waals surface area contributed by atoms with Gasteiger partial charge in [0.1, 0.15) is 51.8 Å². The number of aliphatic hydroxyl groups excluding tert-OH is 1. The van der Waals surface area contributed by atoms with Crippen LogP contribution >= 0.6 is 0 Å². The topological polar surface area (TPSA) is 291 Å². The van der Waals surface area contributed by atoms with E-state index in [-0.39, 0.29) is 42.8 Å². The molecule has 28 heteroatoms. The zero-order valence-electron chi connectivity index (χ0n) is 58.4. The van der Waals surface area contributed by atoms with E-state index in [0.717, 1.165) is 235 Å². The minimum atomic E-state index is -0.450. The molecule has 27 nitrogen and oxygen atoms in total. The molecule has 3 saturated heterocycles. The molecule has 15 rings (SSSR count). The van der Waals surface area contributed by atoms with Crippen molar-refractivity contribution in [2.75, 3.05) is 140 Å². The molecule has 0 radical (unpaired) electrons. The van der Waals surface area contributed by atoms with Crippen LogP contribution in [0.5, 0.6) is 17.2 Å². The van der Waals surface area contributed by atoms with Gasteiger partial charge in [0, 0.05) is 162 Å². The summed E-state index contributed by atoms with van der Waals surface area (Å²) in [6.45, 7) is 15.4. The lowest BCUT2D eigenvalue weighted by molar-refractivity contribution is 0.122. The van der Waals surface area contributed by atoms with Crippen LogP contribution in [-0.2, 0) is 14.2 Å². The average molecular weight is 1380 g/mol. The lowest BCUT2D eigenvalue weighted by Crippen LogP contribution is -2.36. The number of aryl methyl sites for hydroxylation is 1. The number of benzene rings is 3. The Balaban J connectivity index is 0.000000136. The van der Waals surface area contributed by atoms with Crippen molar-refractivity contribution in [1.82, 2.24) is 59.8 Å². The summed E-state index contributed by atoms with van der Waals surface area (Å²) in [5.41, 5.74) is 8.82. The van der Waals surface area contributed by atoms with Gasteiger partial charge in [-0.15, -0.1) is 0 Å². The number of ether oxygens (including phenoxy) is 6. The number of nitrogens with one attached hydrogen (secondary N) is 4. The molecule has 0 amide bonds. The van der Waals surface area contributed by atoms with Crippen molar-refractivity contribution < 1.29 is 37.9 Å². The number of fused-ring (bicyclic) bond motifs is 3. The summed E-state index contributed by atoms with van der Waals surface area (Å²) < 4.78 is 49.9. The Hall–Kier alpha value is -9.51. The van der Waals surface area contributed by atoms with Gasteiger partial charge in [-0.2, -0.15) is 9.97 Å². The fourth-order valence-corrected chi connectivity index (χ4v) is 13.6. The van der Waals surface area contributed by atoms with E-state index in [1.807, 2.05) is 32.9 Å². The van der Waals surface area contributed by atoms with Gasteiger partial charge < -0.3 is 74.4 Å². The number of rotatable bonds is 19. The first-order valence-corrected chi connectivity index (χ1v) is 35.5. The molecule has 3 aromatic carbocycles. The Morgan fingerprint density at radius 2 is 0.891 bits per heavy atom. The molecule has 6 aromatic heterocycles. The Kier molecular flexibility index (Phi) is 23.1. The average Bonchev–Trinajstić information content (AvgIpc) is 0.806. The standard InChI is InChI=1S/C26H35N7O3.C24H30FN7O2.C23H28N6O2/c1-26(2,17-34)32-23-7-8-29-25(31-23)30-18-3-5-20(6-4-18)36-22-16-19(33-11-13-35-14-12-33)15-21-24(22)28-10-9-27-21;1-31(2)23-19(25)15-28-24(30-23)29-16-3-5-18(6-4-16)34-21-14-17(32-9-11-33-12-10-32)13-20-22(21)27-8-7-26-20;1-16-12-22(27-15-26-16)28-17-2-4-19(5-3-17)31-21-14-18(29-8-10-30-11-9-29)13-20-23(21)25-7-6-24-20/h7-10,15-16,18,20,34H,3-6,11-14,17H2,1-2H3,(H2,29,30,31,32);7-8,13-16,18H,3-6,9-12H2,1-2H3,(H,28,29,30);6-7,12-15,17,19H,2-5,8-11H2,1H3,(H,26,27,28). The monoisotopic (exact) mass is 1380 g/mol. The maximum absolute atomic E-state index is 13.9. The van der Waals surface area contributed by atoms with E-state index in [0.29, 0.717) is 23.8 Å².